The van der Waals surface area contributed by atoms with Crippen molar-refractivity contribution in [3.8, 4) is 5.75 Å². The van der Waals surface area contributed by atoms with E-state index in [4.69, 9.17) is 9.47 Å². The lowest BCUT2D eigenvalue weighted by atomic mass is 9.75. The first-order chi connectivity index (χ1) is 12.8. The largest absolute Gasteiger partial charge is 0.489 e. The van der Waals surface area contributed by atoms with Gasteiger partial charge in [0.15, 0.2) is 0 Å². The van der Waals surface area contributed by atoms with Crippen molar-refractivity contribution in [3.63, 3.8) is 0 Å². The summed E-state index contributed by atoms with van der Waals surface area (Å²) in [6.07, 6.45) is 1.77. The Labute approximate surface area is 154 Å². The molecular formula is C22H25NO3. The van der Waals surface area contributed by atoms with Crippen LogP contribution in [0.5, 0.6) is 5.75 Å². The number of amides is 1. The van der Waals surface area contributed by atoms with Crippen LogP contribution in [0.4, 0.5) is 4.79 Å². The standard InChI is InChI=1S/C22H25NO3/c1-2-25-22(24)23-13-11-16(12-14-23)21-18-8-4-3-7-17(18)15-26-20-10-6-5-9-19(20)21/h3-10,16,21H,2,11-15H2,1H3. The van der Waals surface area contributed by atoms with Gasteiger partial charge in [0.1, 0.15) is 12.4 Å². The number of ether oxygens (including phenoxy) is 2. The SMILES string of the molecule is CCOC(=O)N1CCC(C2c3ccccc3COc3ccccc32)CC1. The maximum Gasteiger partial charge on any atom is 0.409 e. The topological polar surface area (TPSA) is 38.8 Å². The van der Waals surface area contributed by atoms with Crippen LogP contribution in [0.15, 0.2) is 48.5 Å². The van der Waals surface area contributed by atoms with Crippen LogP contribution in [0.1, 0.15) is 42.4 Å². The third-order valence-corrected chi connectivity index (χ3v) is 5.56. The third kappa shape index (κ3) is 3.16. The molecule has 1 atom stereocenters. The van der Waals surface area contributed by atoms with Gasteiger partial charge in [-0.05, 0) is 42.9 Å². The molecule has 4 heteroatoms. The molecule has 2 aromatic rings. The van der Waals surface area contributed by atoms with Crippen molar-refractivity contribution in [1.82, 2.24) is 4.90 Å². The molecule has 1 unspecified atom stereocenters. The Hall–Kier alpha value is -2.49. The van der Waals surface area contributed by atoms with Crippen molar-refractivity contribution in [2.24, 2.45) is 5.92 Å². The molecule has 0 aliphatic carbocycles. The monoisotopic (exact) mass is 351 g/mol. The number of rotatable bonds is 2. The second kappa shape index (κ2) is 7.40. The number of likely N-dealkylation sites (tertiary alicyclic amines) is 1. The van der Waals surface area contributed by atoms with Gasteiger partial charge in [-0.25, -0.2) is 4.79 Å². The van der Waals surface area contributed by atoms with E-state index in [1.54, 1.807) is 0 Å². The van der Waals surface area contributed by atoms with Gasteiger partial charge in [-0.15, -0.1) is 0 Å². The predicted molar refractivity (Wildman–Crippen MR) is 100 cm³/mol. The minimum atomic E-state index is -0.184. The van der Waals surface area contributed by atoms with E-state index in [0.29, 0.717) is 25.0 Å². The molecule has 2 aliphatic rings. The molecule has 0 bridgehead atoms. The Kier molecular flexibility index (Phi) is 4.83. The first kappa shape index (κ1) is 17.0. The number of fused-ring (bicyclic) bond motifs is 2. The Morgan fingerprint density at radius 1 is 1.08 bits per heavy atom. The number of hydrogen-bond acceptors (Lipinski definition) is 3. The van der Waals surface area contributed by atoms with Crippen molar-refractivity contribution < 1.29 is 14.3 Å². The van der Waals surface area contributed by atoms with Crippen LogP contribution in [-0.4, -0.2) is 30.7 Å². The van der Waals surface area contributed by atoms with Gasteiger partial charge >= 0.3 is 6.09 Å². The Morgan fingerprint density at radius 3 is 2.54 bits per heavy atom. The van der Waals surface area contributed by atoms with Crippen LogP contribution in [0.25, 0.3) is 0 Å². The number of carbonyl (C=O) groups excluding carboxylic acids is 1. The fourth-order valence-corrected chi connectivity index (χ4v) is 4.30. The van der Waals surface area contributed by atoms with Crippen LogP contribution in [-0.2, 0) is 11.3 Å². The van der Waals surface area contributed by atoms with Crippen molar-refractivity contribution in [2.45, 2.75) is 32.3 Å². The zero-order valence-electron chi connectivity index (χ0n) is 15.2. The Bertz CT molecular complexity index is 733. The minimum Gasteiger partial charge on any atom is -0.489 e. The number of nitrogens with zero attached hydrogens (tertiary/aromatic N) is 1. The van der Waals surface area contributed by atoms with Gasteiger partial charge in [0.25, 0.3) is 0 Å². The first-order valence-corrected chi connectivity index (χ1v) is 9.49. The summed E-state index contributed by atoms with van der Waals surface area (Å²) >= 11 is 0. The molecule has 4 rings (SSSR count). The average molecular weight is 351 g/mol. The van der Waals surface area contributed by atoms with E-state index in [2.05, 4.69) is 42.5 Å². The van der Waals surface area contributed by atoms with Crippen molar-refractivity contribution in [2.75, 3.05) is 19.7 Å². The van der Waals surface area contributed by atoms with E-state index in [-0.39, 0.29) is 6.09 Å². The summed E-state index contributed by atoms with van der Waals surface area (Å²) in [5.74, 6) is 1.79. The minimum absolute atomic E-state index is 0.184. The quantitative estimate of drug-likeness (QED) is 0.795. The highest BCUT2D eigenvalue weighted by Gasteiger charge is 2.34. The summed E-state index contributed by atoms with van der Waals surface area (Å²) in [5, 5.41) is 0. The summed E-state index contributed by atoms with van der Waals surface area (Å²) in [4.78, 5) is 13.9. The zero-order valence-corrected chi connectivity index (χ0v) is 15.2. The molecule has 26 heavy (non-hydrogen) atoms. The third-order valence-electron chi connectivity index (χ3n) is 5.56. The summed E-state index contributed by atoms with van der Waals surface area (Å²) in [7, 11) is 0. The molecule has 0 spiro atoms. The highest BCUT2D eigenvalue weighted by atomic mass is 16.6. The molecule has 2 heterocycles. The van der Waals surface area contributed by atoms with Crippen LogP contribution in [0, 0.1) is 5.92 Å². The number of carbonyl (C=O) groups is 1. The normalized spacial score (nSPS) is 19.7. The van der Waals surface area contributed by atoms with E-state index in [9.17, 15) is 4.79 Å². The van der Waals surface area contributed by atoms with Gasteiger partial charge in [-0.2, -0.15) is 0 Å². The highest BCUT2D eigenvalue weighted by molar-refractivity contribution is 5.67. The maximum absolute atomic E-state index is 12.0. The second-order valence-electron chi connectivity index (χ2n) is 7.03. The van der Waals surface area contributed by atoms with Gasteiger partial charge in [-0.1, -0.05) is 42.5 Å². The molecule has 1 amide bonds. The smallest absolute Gasteiger partial charge is 0.409 e. The predicted octanol–water partition coefficient (Wildman–Crippen LogP) is 4.58. The highest BCUT2D eigenvalue weighted by Crippen LogP contribution is 2.44. The van der Waals surface area contributed by atoms with Gasteiger partial charge in [0, 0.05) is 24.6 Å². The molecule has 2 aliphatic heterocycles. The number of benzene rings is 2. The number of hydrogen-bond donors (Lipinski definition) is 0. The Morgan fingerprint density at radius 2 is 1.77 bits per heavy atom. The van der Waals surface area contributed by atoms with E-state index in [0.717, 1.165) is 31.7 Å². The fourth-order valence-electron chi connectivity index (χ4n) is 4.30. The maximum atomic E-state index is 12.0. The number of para-hydroxylation sites is 1. The van der Waals surface area contributed by atoms with Crippen LogP contribution in [0.2, 0.25) is 0 Å². The van der Waals surface area contributed by atoms with Gasteiger partial charge < -0.3 is 14.4 Å². The fraction of sp³-hybridized carbons (Fsp3) is 0.409. The van der Waals surface area contributed by atoms with Crippen LogP contribution in [0.3, 0.4) is 0 Å². The van der Waals surface area contributed by atoms with Gasteiger partial charge in [0.2, 0.25) is 0 Å². The van der Waals surface area contributed by atoms with Gasteiger partial charge in [0.05, 0.1) is 6.61 Å². The van der Waals surface area contributed by atoms with E-state index < -0.39 is 0 Å². The summed E-state index contributed by atoms with van der Waals surface area (Å²) in [5.41, 5.74) is 3.90. The summed E-state index contributed by atoms with van der Waals surface area (Å²) < 4.78 is 11.3. The van der Waals surface area contributed by atoms with Crippen molar-refractivity contribution >= 4 is 6.09 Å². The van der Waals surface area contributed by atoms with Crippen molar-refractivity contribution in [1.29, 1.82) is 0 Å². The lowest BCUT2D eigenvalue weighted by Crippen LogP contribution is -2.40. The van der Waals surface area contributed by atoms with E-state index in [1.165, 1.54) is 16.7 Å². The number of piperidine rings is 1. The molecule has 2 aromatic carbocycles. The van der Waals surface area contributed by atoms with Crippen LogP contribution >= 0.6 is 0 Å². The first-order valence-electron chi connectivity index (χ1n) is 9.49. The Balaban J connectivity index is 1.63. The molecule has 0 aromatic heterocycles. The van der Waals surface area contributed by atoms with E-state index in [1.807, 2.05) is 17.9 Å². The lowest BCUT2D eigenvalue weighted by Gasteiger charge is -2.36. The average Bonchev–Trinajstić information content (AvgIpc) is 2.85. The van der Waals surface area contributed by atoms with Crippen molar-refractivity contribution in [3.05, 3.63) is 65.2 Å². The molecular weight excluding hydrogens is 326 g/mol. The molecule has 4 nitrogen and oxygen atoms in total. The molecule has 0 radical (unpaired) electrons. The summed E-state index contributed by atoms with van der Waals surface area (Å²) in [6, 6.07) is 17.0. The zero-order chi connectivity index (χ0) is 17.9. The van der Waals surface area contributed by atoms with Gasteiger partial charge in [-0.3, -0.25) is 0 Å². The second-order valence-corrected chi connectivity index (χ2v) is 7.03. The molecule has 136 valence electrons. The molecule has 0 N–H and O–H groups in total. The van der Waals surface area contributed by atoms with Crippen LogP contribution < -0.4 is 4.74 Å². The lowest BCUT2D eigenvalue weighted by molar-refractivity contribution is 0.0901. The molecule has 1 fully saturated rings. The van der Waals surface area contributed by atoms with E-state index >= 15 is 0 Å². The summed E-state index contributed by atoms with van der Waals surface area (Å²) in [6.45, 7) is 4.41. The molecule has 0 saturated carbocycles. The molecule has 1 saturated heterocycles.